The number of hydrogen-bond acceptors (Lipinski definition) is 7. The van der Waals surface area contributed by atoms with Crippen molar-refractivity contribution in [2.24, 2.45) is 0 Å². The first-order chi connectivity index (χ1) is 12.6. The van der Waals surface area contributed by atoms with Crippen molar-refractivity contribution in [3.63, 3.8) is 0 Å². The average Bonchev–Trinajstić information content (AvgIpc) is 3.38. The van der Waals surface area contributed by atoms with E-state index in [-0.39, 0.29) is 18.0 Å². The first kappa shape index (κ1) is 16.4. The molecule has 132 valence electrons. The predicted octanol–water partition coefficient (Wildman–Crippen LogP) is 3.58. The molecule has 3 heterocycles. The van der Waals surface area contributed by atoms with Gasteiger partial charge in [0.15, 0.2) is 0 Å². The Morgan fingerprint density at radius 3 is 2.77 bits per heavy atom. The lowest BCUT2D eigenvalue weighted by molar-refractivity contribution is 0.116. The molecule has 0 fully saturated rings. The molecule has 0 bridgehead atoms. The normalized spacial score (nSPS) is 11.4. The SMILES string of the molecule is Fc1cc(-c2nnc(C(F)F)o2)ccc1Cn1cc(-c2cncs2)nn1. The summed E-state index contributed by atoms with van der Waals surface area (Å²) in [5, 5.41) is 14.7. The Morgan fingerprint density at radius 1 is 1.19 bits per heavy atom. The summed E-state index contributed by atoms with van der Waals surface area (Å²) < 4.78 is 45.7. The summed E-state index contributed by atoms with van der Waals surface area (Å²) in [6.45, 7) is 0.157. The summed E-state index contributed by atoms with van der Waals surface area (Å²) in [6, 6.07) is 4.17. The van der Waals surface area contributed by atoms with Crippen LogP contribution in [0.1, 0.15) is 17.9 Å². The number of rotatable bonds is 5. The van der Waals surface area contributed by atoms with Gasteiger partial charge in [0.2, 0.25) is 5.89 Å². The van der Waals surface area contributed by atoms with Gasteiger partial charge in [-0.05, 0) is 12.1 Å². The summed E-state index contributed by atoms with van der Waals surface area (Å²) in [6.07, 6.45) is 0.487. The highest BCUT2D eigenvalue weighted by Gasteiger charge is 2.18. The number of alkyl halides is 2. The topological polar surface area (TPSA) is 82.5 Å². The largest absolute Gasteiger partial charge is 0.415 e. The maximum atomic E-state index is 14.4. The molecule has 0 saturated carbocycles. The van der Waals surface area contributed by atoms with Gasteiger partial charge in [-0.15, -0.1) is 26.6 Å². The Labute approximate surface area is 148 Å². The van der Waals surface area contributed by atoms with Gasteiger partial charge in [-0.1, -0.05) is 11.3 Å². The molecular formula is C15H9F3N6OS. The Bertz CT molecular complexity index is 1030. The maximum absolute atomic E-state index is 14.4. The molecule has 0 saturated heterocycles. The van der Waals surface area contributed by atoms with Crippen LogP contribution >= 0.6 is 11.3 Å². The highest BCUT2D eigenvalue weighted by molar-refractivity contribution is 7.13. The van der Waals surface area contributed by atoms with Crippen LogP contribution in [0, 0.1) is 5.82 Å². The van der Waals surface area contributed by atoms with E-state index in [1.165, 1.54) is 28.2 Å². The molecule has 0 aliphatic heterocycles. The second-order valence-electron chi connectivity index (χ2n) is 5.22. The lowest BCUT2D eigenvalue weighted by Crippen LogP contribution is -2.03. The van der Waals surface area contributed by atoms with E-state index in [1.807, 2.05) is 0 Å². The molecule has 0 N–H and O–H groups in total. The van der Waals surface area contributed by atoms with E-state index in [0.717, 1.165) is 10.9 Å². The molecule has 0 atom stereocenters. The fourth-order valence-corrected chi connectivity index (χ4v) is 2.82. The van der Waals surface area contributed by atoms with E-state index >= 15 is 0 Å². The zero-order chi connectivity index (χ0) is 18.1. The van der Waals surface area contributed by atoms with Crippen LogP contribution in [0.3, 0.4) is 0 Å². The van der Waals surface area contributed by atoms with E-state index < -0.39 is 18.1 Å². The van der Waals surface area contributed by atoms with Gasteiger partial charge in [0.05, 0.1) is 23.1 Å². The minimum Gasteiger partial charge on any atom is -0.415 e. The first-order valence-corrected chi connectivity index (χ1v) is 8.17. The molecule has 0 unspecified atom stereocenters. The van der Waals surface area contributed by atoms with Gasteiger partial charge in [0.25, 0.3) is 5.89 Å². The summed E-state index contributed by atoms with van der Waals surface area (Å²) in [5.74, 6) is -1.52. The quantitative estimate of drug-likeness (QED) is 0.528. The lowest BCUT2D eigenvalue weighted by atomic mass is 10.1. The zero-order valence-electron chi connectivity index (χ0n) is 12.9. The number of halogens is 3. The molecule has 4 rings (SSSR count). The van der Waals surface area contributed by atoms with E-state index in [0.29, 0.717) is 11.3 Å². The number of benzene rings is 1. The van der Waals surface area contributed by atoms with Crippen molar-refractivity contribution < 1.29 is 17.6 Å². The number of thiazole rings is 1. The van der Waals surface area contributed by atoms with Gasteiger partial charge in [0.1, 0.15) is 11.5 Å². The van der Waals surface area contributed by atoms with Crippen molar-refractivity contribution in [3.8, 4) is 22.0 Å². The molecule has 0 aliphatic rings. The van der Waals surface area contributed by atoms with Crippen molar-refractivity contribution in [1.29, 1.82) is 0 Å². The van der Waals surface area contributed by atoms with Gasteiger partial charge in [-0.3, -0.25) is 4.98 Å². The summed E-state index contributed by atoms with van der Waals surface area (Å²) in [5.41, 5.74) is 2.90. The lowest BCUT2D eigenvalue weighted by Gasteiger charge is -2.04. The van der Waals surface area contributed by atoms with Gasteiger partial charge >= 0.3 is 6.43 Å². The van der Waals surface area contributed by atoms with Crippen LogP contribution in [0.5, 0.6) is 0 Å². The summed E-state index contributed by atoms with van der Waals surface area (Å²) in [7, 11) is 0. The van der Waals surface area contributed by atoms with Crippen LogP contribution in [0.2, 0.25) is 0 Å². The van der Waals surface area contributed by atoms with E-state index in [1.54, 1.807) is 17.9 Å². The van der Waals surface area contributed by atoms with E-state index in [9.17, 15) is 13.2 Å². The number of hydrogen-bond donors (Lipinski definition) is 0. The molecule has 0 aliphatic carbocycles. The Kier molecular flexibility index (Phi) is 4.21. The van der Waals surface area contributed by atoms with Gasteiger partial charge in [-0.25, -0.2) is 9.07 Å². The highest BCUT2D eigenvalue weighted by Crippen LogP contribution is 2.25. The molecule has 0 amide bonds. The van der Waals surface area contributed by atoms with Crippen LogP contribution < -0.4 is 0 Å². The van der Waals surface area contributed by atoms with Gasteiger partial charge in [-0.2, -0.15) is 8.78 Å². The molecule has 0 spiro atoms. The van der Waals surface area contributed by atoms with Gasteiger partial charge < -0.3 is 4.42 Å². The minimum absolute atomic E-state index is 0.157. The van der Waals surface area contributed by atoms with Crippen molar-refractivity contribution in [2.75, 3.05) is 0 Å². The predicted molar refractivity (Wildman–Crippen MR) is 84.9 cm³/mol. The van der Waals surface area contributed by atoms with Gasteiger partial charge in [0, 0.05) is 17.3 Å². The smallest absolute Gasteiger partial charge is 0.314 e. The summed E-state index contributed by atoms with van der Waals surface area (Å²) in [4.78, 5) is 4.83. The Balaban J connectivity index is 1.54. The van der Waals surface area contributed by atoms with Crippen molar-refractivity contribution in [1.82, 2.24) is 30.2 Å². The monoisotopic (exact) mass is 378 g/mol. The molecule has 3 aromatic heterocycles. The first-order valence-electron chi connectivity index (χ1n) is 7.29. The molecule has 11 heteroatoms. The fraction of sp³-hybridized carbons (Fsp3) is 0.133. The average molecular weight is 378 g/mol. The summed E-state index contributed by atoms with van der Waals surface area (Å²) >= 11 is 1.42. The van der Waals surface area contributed by atoms with Crippen LogP contribution in [0.15, 0.2) is 40.5 Å². The molecule has 26 heavy (non-hydrogen) atoms. The number of aromatic nitrogens is 6. The van der Waals surface area contributed by atoms with Crippen LogP contribution in [-0.4, -0.2) is 30.2 Å². The van der Waals surface area contributed by atoms with Crippen molar-refractivity contribution in [3.05, 3.63) is 53.4 Å². The third-order valence-corrected chi connectivity index (χ3v) is 4.28. The standard InChI is InChI=1S/C15H9F3N6OS/c16-10-3-8(14-21-22-15(25-14)13(17)18)1-2-9(10)5-24-6-11(20-23-24)12-4-19-7-26-12/h1-4,6-7,13H,5H2. The van der Waals surface area contributed by atoms with Crippen LogP contribution in [0.25, 0.3) is 22.0 Å². The molecule has 7 nitrogen and oxygen atoms in total. The van der Waals surface area contributed by atoms with Crippen molar-refractivity contribution in [2.45, 2.75) is 13.0 Å². The minimum atomic E-state index is -2.87. The zero-order valence-corrected chi connectivity index (χ0v) is 13.7. The third-order valence-electron chi connectivity index (χ3n) is 3.48. The van der Waals surface area contributed by atoms with Crippen LogP contribution in [-0.2, 0) is 6.54 Å². The second-order valence-corrected chi connectivity index (χ2v) is 6.11. The van der Waals surface area contributed by atoms with Crippen LogP contribution in [0.4, 0.5) is 13.2 Å². The third kappa shape index (κ3) is 3.20. The molecule has 0 radical (unpaired) electrons. The molecule has 4 aromatic rings. The Hall–Kier alpha value is -3.08. The molecule has 1 aromatic carbocycles. The highest BCUT2D eigenvalue weighted by atomic mass is 32.1. The van der Waals surface area contributed by atoms with E-state index in [2.05, 4.69) is 25.5 Å². The Morgan fingerprint density at radius 2 is 2.08 bits per heavy atom. The second kappa shape index (κ2) is 6.67. The molecular weight excluding hydrogens is 369 g/mol. The maximum Gasteiger partial charge on any atom is 0.314 e. The fourth-order valence-electron chi connectivity index (χ4n) is 2.25. The van der Waals surface area contributed by atoms with Crippen molar-refractivity contribution >= 4 is 11.3 Å². The number of nitrogens with zero attached hydrogens (tertiary/aromatic N) is 6. The van der Waals surface area contributed by atoms with E-state index in [4.69, 9.17) is 4.42 Å².